The van der Waals surface area contributed by atoms with E-state index in [4.69, 9.17) is 11.5 Å². The normalized spacial score (nSPS) is 12.8. The van der Waals surface area contributed by atoms with Crippen LogP contribution in [0.15, 0.2) is 23.5 Å². The third kappa shape index (κ3) is 1.69. The van der Waals surface area contributed by atoms with Crippen molar-refractivity contribution in [3.8, 4) is 0 Å². The van der Waals surface area contributed by atoms with Gasteiger partial charge in [-0.05, 0) is 19.4 Å². The lowest BCUT2D eigenvalue weighted by Gasteiger charge is -1.99. The van der Waals surface area contributed by atoms with E-state index in [1.165, 1.54) is 0 Å². The van der Waals surface area contributed by atoms with Gasteiger partial charge in [0.15, 0.2) is 0 Å². The molecular weight excluding hydrogens is 100 g/mol. The lowest BCUT2D eigenvalue weighted by atomic mass is 10.2. The summed E-state index contributed by atoms with van der Waals surface area (Å²) in [6.07, 6.45) is 0. The quantitative estimate of drug-likeness (QED) is 0.491. The maximum Gasteiger partial charge on any atom is 0.0287 e. The Bertz CT molecular complexity index is 129. The van der Waals surface area contributed by atoms with Crippen LogP contribution >= 0.6 is 0 Å². The molecule has 8 heavy (non-hydrogen) atoms. The van der Waals surface area contributed by atoms with Crippen molar-refractivity contribution in [2.75, 3.05) is 0 Å². The van der Waals surface area contributed by atoms with Crippen molar-refractivity contribution < 1.29 is 0 Å². The molecule has 0 fully saturated rings. The first-order valence-corrected chi connectivity index (χ1v) is 2.43. The number of allylic oxidation sites excluding steroid dienone is 2. The lowest BCUT2D eigenvalue weighted by Crippen LogP contribution is -2.03. The average molecular weight is 112 g/mol. The van der Waals surface area contributed by atoms with Crippen molar-refractivity contribution in [2.45, 2.75) is 13.8 Å². The van der Waals surface area contributed by atoms with Crippen LogP contribution in [0.1, 0.15) is 13.8 Å². The fraction of sp³-hybridized carbons (Fsp3) is 0.333. The minimum Gasteiger partial charge on any atom is -0.402 e. The van der Waals surface area contributed by atoms with Gasteiger partial charge in [-0.25, -0.2) is 0 Å². The van der Waals surface area contributed by atoms with Gasteiger partial charge in [0.25, 0.3) is 0 Å². The Labute approximate surface area is 49.9 Å². The van der Waals surface area contributed by atoms with Gasteiger partial charge in [-0.1, -0.05) is 6.58 Å². The predicted molar refractivity (Wildman–Crippen MR) is 35.9 cm³/mol. The fourth-order valence-electron chi connectivity index (χ4n) is 0.253. The van der Waals surface area contributed by atoms with E-state index in [2.05, 4.69) is 6.58 Å². The SMILES string of the molecule is C=C(N)/C(C)=C(/C)N. The van der Waals surface area contributed by atoms with E-state index >= 15 is 0 Å². The van der Waals surface area contributed by atoms with Crippen LogP contribution < -0.4 is 11.5 Å². The molecule has 46 valence electrons. The van der Waals surface area contributed by atoms with Crippen LogP contribution in [0.4, 0.5) is 0 Å². The van der Waals surface area contributed by atoms with E-state index in [0.29, 0.717) is 5.70 Å². The van der Waals surface area contributed by atoms with Gasteiger partial charge >= 0.3 is 0 Å². The van der Waals surface area contributed by atoms with Crippen LogP contribution in [0.2, 0.25) is 0 Å². The topological polar surface area (TPSA) is 52.0 Å². The molecule has 0 spiro atoms. The van der Waals surface area contributed by atoms with Gasteiger partial charge in [0.1, 0.15) is 0 Å². The average Bonchev–Trinajstić information content (AvgIpc) is 1.64. The van der Waals surface area contributed by atoms with E-state index in [0.717, 1.165) is 11.3 Å². The van der Waals surface area contributed by atoms with Gasteiger partial charge in [0, 0.05) is 11.4 Å². The highest BCUT2D eigenvalue weighted by Crippen LogP contribution is 2.01. The summed E-state index contributed by atoms with van der Waals surface area (Å²) in [5.41, 5.74) is 12.8. The molecule has 0 aromatic heterocycles. The van der Waals surface area contributed by atoms with E-state index in [1.807, 2.05) is 6.92 Å². The highest BCUT2D eigenvalue weighted by Gasteiger charge is 1.90. The minimum absolute atomic E-state index is 0.546. The van der Waals surface area contributed by atoms with Crippen LogP contribution in [0.5, 0.6) is 0 Å². The molecule has 0 rings (SSSR count). The van der Waals surface area contributed by atoms with Gasteiger partial charge in [-0.15, -0.1) is 0 Å². The van der Waals surface area contributed by atoms with Gasteiger partial charge in [0.05, 0.1) is 0 Å². The molecule has 0 aliphatic rings. The number of nitrogens with two attached hydrogens (primary N) is 2. The second-order valence-electron chi connectivity index (χ2n) is 1.83. The Morgan fingerprint density at radius 1 is 1.25 bits per heavy atom. The maximum absolute atomic E-state index is 5.38. The molecule has 0 saturated heterocycles. The third-order valence-corrected chi connectivity index (χ3v) is 1.07. The van der Waals surface area contributed by atoms with Crippen molar-refractivity contribution in [1.82, 2.24) is 0 Å². The molecule has 2 nitrogen and oxygen atoms in total. The second kappa shape index (κ2) is 2.40. The summed E-state index contributed by atoms with van der Waals surface area (Å²) in [5, 5.41) is 0. The smallest absolute Gasteiger partial charge is 0.0287 e. The molecule has 4 N–H and O–H groups in total. The highest BCUT2D eigenvalue weighted by molar-refractivity contribution is 5.26. The third-order valence-electron chi connectivity index (χ3n) is 1.07. The first-order valence-electron chi connectivity index (χ1n) is 2.43. The lowest BCUT2D eigenvalue weighted by molar-refractivity contribution is 1.18. The fourth-order valence-corrected chi connectivity index (χ4v) is 0.253. The van der Waals surface area contributed by atoms with E-state index in [1.54, 1.807) is 6.92 Å². The van der Waals surface area contributed by atoms with E-state index in [9.17, 15) is 0 Å². The first kappa shape index (κ1) is 7.08. The van der Waals surface area contributed by atoms with Gasteiger partial charge in [-0.3, -0.25) is 0 Å². The first-order chi connectivity index (χ1) is 3.55. The standard InChI is InChI=1S/C6H12N2/c1-4(5(2)7)6(3)8/h2,7-8H2,1,3H3/b6-4-. The molecule has 0 atom stereocenters. The van der Waals surface area contributed by atoms with Crippen molar-refractivity contribution in [3.63, 3.8) is 0 Å². The minimum atomic E-state index is 0.546. The van der Waals surface area contributed by atoms with E-state index in [-0.39, 0.29) is 0 Å². The Balaban J connectivity index is 4.23. The molecule has 0 radical (unpaired) electrons. The second-order valence-corrected chi connectivity index (χ2v) is 1.83. The Morgan fingerprint density at radius 3 is 1.62 bits per heavy atom. The summed E-state index contributed by atoms with van der Waals surface area (Å²) in [4.78, 5) is 0. The van der Waals surface area contributed by atoms with Gasteiger partial charge in [-0.2, -0.15) is 0 Å². The Kier molecular flexibility index (Phi) is 2.13. The van der Waals surface area contributed by atoms with Crippen LogP contribution in [0, 0.1) is 0 Å². The highest BCUT2D eigenvalue weighted by atomic mass is 14.6. The van der Waals surface area contributed by atoms with Crippen LogP contribution in [0.25, 0.3) is 0 Å². The van der Waals surface area contributed by atoms with Crippen molar-refractivity contribution in [1.29, 1.82) is 0 Å². The van der Waals surface area contributed by atoms with Crippen molar-refractivity contribution >= 4 is 0 Å². The molecule has 2 heteroatoms. The summed E-state index contributed by atoms with van der Waals surface area (Å²) >= 11 is 0. The van der Waals surface area contributed by atoms with Gasteiger partial charge in [0.2, 0.25) is 0 Å². The maximum atomic E-state index is 5.38. The summed E-state index contributed by atoms with van der Waals surface area (Å²) in [6, 6.07) is 0. The summed E-state index contributed by atoms with van der Waals surface area (Å²) < 4.78 is 0. The molecule has 0 aliphatic heterocycles. The molecule has 0 heterocycles. The van der Waals surface area contributed by atoms with Crippen molar-refractivity contribution in [2.24, 2.45) is 11.5 Å². The summed E-state index contributed by atoms with van der Waals surface area (Å²) in [7, 11) is 0. The Hall–Kier alpha value is -0.920. The van der Waals surface area contributed by atoms with Crippen molar-refractivity contribution in [3.05, 3.63) is 23.5 Å². The molecule has 0 amide bonds. The largest absolute Gasteiger partial charge is 0.402 e. The molecule has 0 aliphatic carbocycles. The molecule has 0 aromatic rings. The van der Waals surface area contributed by atoms with Crippen LogP contribution in [-0.4, -0.2) is 0 Å². The molecule has 0 aromatic carbocycles. The Morgan fingerprint density at radius 2 is 1.62 bits per heavy atom. The molecule has 0 saturated carbocycles. The van der Waals surface area contributed by atoms with Crippen LogP contribution in [-0.2, 0) is 0 Å². The molecule has 0 unspecified atom stereocenters. The zero-order valence-corrected chi connectivity index (χ0v) is 5.36. The predicted octanol–water partition coefficient (Wildman–Crippen LogP) is 0.711. The summed E-state index contributed by atoms with van der Waals surface area (Å²) in [6.45, 7) is 7.16. The number of hydrogen-bond acceptors (Lipinski definition) is 2. The van der Waals surface area contributed by atoms with Crippen LogP contribution in [0.3, 0.4) is 0 Å². The zero-order chi connectivity index (χ0) is 6.73. The molecular formula is C6H12N2. The number of rotatable bonds is 1. The molecule has 0 bridgehead atoms. The monoisotopic (exact) mass is 112 g/mol. The summed E-state index contributed by atoms with van der Waals surface area (Å²) in [5.74, 6) is 0. The van der Waals surface area contributed by atoms with E-state index < -0.39 is 0 Å². The zero-order valence-electron chi connectivity index (χ0n) is 5.36. The number of hydrogen-bond donors (Lipinski definition) is 2. The van der Waals surface area contributed by atoms with Gasteiger partial charge < -0.3 is 11.5 Å².